The van der Waals surface area contributed by atoms with Gasteiger partial charge in [0.05, 0.1) is 5.01 Å². The highest BCUT2D eigenvalue weighted by Crippen LogP contribution is 2.18. The molecule has 1 aliphatic rings. The summed E-state index contributed by atoms with van der Waals surface area (Å²) in [6.07, 6.45) is 4.48. The van der Waals surface area contributed by atoms with E-state index < -0.39 is 0 Å². The van der Waals surface area contributed by atoms with Gasteiger partial charge < -0.3 is 10.2 Å². The van der Waals surface area contributed by atoms with E-state index in [1.807, 2.05) is 6.20 Å². The number of nitrogens with zero attached hydrogens (tertiary/aromatic N) is 2. The Balaban J connectivity index is 1.66. The molecule has 0 bridgehead atoms. The van der Waals surface area contributed by atoms with Crippen molar-refractivity contribution in [3.05, 3.63) is 16.6 Å². The van der Waals surface area contributed by atoms with E-state index in [0.29, 0.717) is 12.0 Å². The van der Waals surface area contributed by atoms with Crippen molar-refractivity contribution in [1.82, 2.24) is 15.2 Å². The minimum absolute atomic E-state index is 0.536. The van der Waals surface area contributed by atoms with Gasteiger partial charge in [0.25, 0.3) is 0 Å². The molecule has 0 aliphatic carbocycles. The number of aromatic nitrogens is 1. The monoisotopic (exact) mass is 281 g/mol. The van der Waals surface area contributed by atoms with Crippen molar-refractivity contribution >= 4 is 11.3 Å². The number of rotatable bonds is 6. The van der Waals surface area contributed by atoms with Gasteiger partial charge >= 0.3 is 0 Å². The second-order valence-electron chi connectivity index (χ2n) is 6.15. The Labute approximate surface area is 121 Å². The molecule has 1 aliphatic heterocycles. The minimum Gasteiger partial charge on any atom is -0.313 e. The predicted octanol–water partition coefficient (Wildman–Crippen LogP) is 2.96. The molecule has 1 aromatic rings. The SMILES string of the molecule is CC(C)CN1CCC(NCC(C)c2nccs2)CC1. The molecular formula is C15H27N3S. The molecule has 2 rings (SSSR count). The number of thiazole rings is 1. The summed E-state index contributed by atoms with van der Waals surface area (Å²) < 4.78 is 0. The average Bonchev–Trinajstić information content (AvgIpc) is 2.91. The van der Waals surface area contributed by atoms with Gasteiger partial charge in [-0.1, -0.05) is 20.8 Å². The summed E-state index contributed by atoms with van der Waals surface area (Å²) in [6.45, 7) is 11.7. The molecule has 3 nitrogen and oxygen atoms in total. The Morgan fingerprint density at radius 1 is 1.37 bits per heavy atom. The van der Waals surface area contributed by atoms with Gasteiger partial charge in [0.1, 0.15) is 0 Å². The van der Waals surface area contributed by atoms with Crippen LogP contribution in [0, 0.1) is 5.92 Å². The van der Waals surface area contributed by atoms with Crippen LogP contribution in [0.15, 0.2) is 11.6 Å². The predicted molar refractivity (Wildman–Crippen MR) is 82.8 cm³/mol. The van der Waals surface area contributed by atoms with Crippen LogP contribution in [0.25, 0.3) is 0 Å². The Morgan fingerprint density at radius 3 is 2.68 bits per heavy atom. The maximum atomic E-state index is 4.39. The molecule has 0 amide bonds. The van der Waals surface area contributed by atoms with Crippen molar-refractivity contribution < 1.29 is 0 Å². The summed E-state index contributed by atoms with van der Waals surface area (Å²) in [5.41, 5.74) is 0. The standard InChI is InChI=1S/C15H27N3S/c1-12(2)11-18-7-4-14(5-8-18)17-10-13(3)15-16-6-9-19-15/h6,9,12-14,17H,4-5,7-8,10-11H2,1-3H3. The van der Waals surface area contributed by atoms with Gasteiger partial charge in [-0.15, -0.1) is 11.3 Å². The molecule has 19 heavy (non-hydrogen) atoms. The second kappa shape index (κ2) is 7.36. The van der Waals surface area contributed by atoms with E-state index in [0.717, 1.165) is 12.5 Å². The van der Waals surface area contributed by atoms with E-state index in [2.05, 4.69) is 41.4 Å². The number of hydrogen-bond acceptors (Lipinski definition) is 4. The van der Waals surface area contributed by atoms with Crippen LogP contribution in [0.1, 0.15) is 44.5 Å². The van der Waals surface area contributed by atoms with Gasteiger partial charge in [0.2, 0.25) is 0 Å². The Hall–Kier alpha value is -0.450. The molecular weight excluding hydrogens is 254 g/mol. The zero-order valence-electron chi connectivity index (χ0n) is 12.4. The lowest BCUT2D eigenvalue weighted by molar-refractivity contribution is 0.179. The van der Waals surface area contributed by atoms with Crippen LogP contribution in [0.4, 0.5) is 0 Å². The molecule has 1 saturated heterocycles. The third-order valence-electron chi connectivity index (χ3n) is 3.80. The Bertz CT molecular complexity index is 342. The van der Waals surface area contributed by atoms with E-state index in [1.54, 1.807) is 11.3 Å². The van der Waals surface area contributed by atoms with E-state index in [4.69, 9.17) is 0 Å². The quantitative estimate of drug-likeness (QED) is 0.869. The fraction of sp³-hybridized carbons (Fsp3) is 0.800. The fourth-order valence-electron chi connectivity index (χ4n) is 2.74. The van der Waals surface area contributed by atoms with Gasteiger partial charge in [-0.2, -0.15) is 0 Å². The summed E-state index contributed by atoms with van der Waals surface area (Å²) in [7, 11) is 0. The zero-order valence-corrected chi connectivity index (χ0v) is 13.2. The number of piperidine rings is 1. The number of likely N-dealkylation sites (tertiary alicyclic amines) is 1. The highest BCUT2D eigenvalue weighted by atomic mass is 32.1. The summed E-state index contributed by atoms with van der Waals surface area (Å²) in [5.74, 6) is 1.32. The van der Waals surface area contributed by atoms with Crippen LogP contribution >= 0.6 is 11.3 Å². The third kappa shape index (κ3) is 4.86. The molecule has 0 aromatic carbocycles. The average molecular weight is 281 g/mol. The fourth-order valence-corrected chi connectivity index (χ4v) is 3.44. The van der Waals surface area contributed by atoms with Crippen molar-refractivity contribution in [2.45, 2.75) is 45.6 Å². The molecule has 1 aromatic heterocycles. The van der Waals surface area contributed by atoms with Gasteiger partial charge in [-0.05, 0) is 31.8 Å². The largest absolute Gasteiger partial charge is 0.313 e. The first kappa shape index (κ1) is 14.9. The zero-order chi connectivity index (χ0) is 13.7. The smallest absolute Gasteiger partial charge is 0.0965 e. The van der Waals surface area contributed by atoms with Crippen LogP contribution in [0.2, 0.25) is 0 Å². The molecule has 1 fully saturated rings. The van der Waals surface area contributed by atoms with E-state index in [9.17, 15) is 0 Å². The third-order valence-corrected chi connectivity index (χ3v) is 4.80. The molecule has 4 heteroatoms. The van der Waals surface area contributed by atoms with Crippen LogP contribution in [-0.4, -0.2) is 42.1 Å². The van der Waals surface area contributed by atoms with Gasteiger partial charge in [0, 0.05) is 36.6 Å². The van der Waals surface area contributed by atoms with Crippen LogP contribution < -0.4 is 5.32 Å². The topological polar surface area (TPSA) is 28.2 Å². The Morgan fingerprint density at radius 2 is 2.11 bits per heavy atom. The summed E-state index contributed by atoms with van der Waals surface area (Å²) in [5, 5.41) is 7.04. The van der Waals surface area contributed by atoms with Crippen molar-refractivity contribution in [2.24, 2.45) is 5.92 Å². The highest BCUT2D eigenvalue weighted by molar-refractivity contribution is 7.09. The molecule has 1 unspecified atom stereocenters. The first-order valence-corrected chi connectivity index (χ1v) is 8.38. The first-order chi connectivity index (χ1) is 9.15. The molecule has 0 radical (unpaired) electrons. The van der Waals surface area contributed by atoms with Crippen LogP contribution in [0.5, 0.6) is 0 Å². The lowest BCUT2D eigenvalue weighted by Gasteiger charge is -2.33. The summed E-state index contributed by atoms with van der Waals surface area (Å²) in [6, 6.07) is 0.700. The summed E-state index contributed by atoms with van der Waals surface area (Å²) in [4.78, 5) is 7.00. The number of hydrogen-bond donors (Lipinski definition) is 1. The van der Waals surface area contributed by atoms with Crippen molar-refractivity contribution in [3.8, 4) is 0 Å². The number of nitrogens with one attached hydrogen (secondary N) is 1. The lowest BCUT2D eigenvalue weighted by Crippen LogP contribution is -2.44. The van der Waals surface area contributed by atoms with E-state index >= 15 is 0 Å². The van der Waals surface area contributed by atoms with Crippen LogP contribution in [-0.2, 0) is 0 Å². The summed E-state index contributed by atoms with van der Waals surface area (Å²) >= 11 is 1.77. The van der Waals surface area contributed by atoms with E-state index in [-0.39, 0.29) is 0 Å². The first-order valence-electron chi connectivity index (χ1n) is 7.50. The minimum atomic E-state index is 0.536. The highest BCUT2D eigenvalue weighted by Gasteiger charge is 2.20. The van der Waals surface area contributed by atoms with Crippen molar-refractivity contribution in [3.63, 3.8) is 0 Å². The van der Waals surface area contributed by atoms with Gasteiger partial charge in [-0.3, -0.25) is 0 Å². The van der Waals surface area contributed by atoms with Gasteiger partial charge in [-0.25, -0.2) is 4.98 Å². The molecule has 108 valence electrons. The molecule has 1 atom stereocenters. The maximum Gasteiger partial charge on any atom is 0.0965 e. The van der Waals surface area contributed by atoms with Crippen molar-refractivity contribution in [1.29, 1.82) is 0 Å². The molecule has 0 saturated carbocycles. The molecule has 2 heterocycles. The van der Waals surface area contributed by atoms with Crippen LogP contribution in [0.3, 0.4) is 0 Å². The second-order valence-corrected chi connectivity index (χ2v) is 7.07. The molecule has 1 N–H and O–H groups in total. The Kier molecular flexibility index (Phi) is 5.79. The van der Waals surface area contributed by atoms with Crippen molar-refractivity contribution in [2.75, 3.05) is 26.2 Å². The lowest BCUT2D eigenvalue weighted by atomic mass is 10.0. The van der Waals surface area contributed by atoms with E-state index in [1.165, 1.54) is 37.5 Å². The van der Waals surface area contributed by atoms with Gasteiger partial charge in [0.15, 0.2) is 0 Å². The molecule has 0 spiro atoms. The normalized spacial score (nSPS) is 20.0. The maximum absolute atomic E-state index is 4.39.